The van der Waals surface area contributed by atoms with Crippen molar-refractivity contribution >= 4 is 69.4 Å². The molecule has 1 aromatic rings. The lowest BCUT2D eigenvalue weighted by atomic mass is 10.2. The second-order valence-electron chi connectivity index (χ2n) is 5.79. The van der Waals surface area contributed by atoms with Crippen molar-refractivity contribution in [3.63, 3.8) is 0 Å². The van der Waals surface area contributed by atoms with Crippen molar-refractivity contribution in [2.24, 2.45) is 0 Å². The van der Waals surface area contributed by atoms with Gasteiger partial charge in [0.2, 0.25) is 0 Å². The van der Waals surface area contributed by atoms with E-state index in [9.17, 15) is 9.59 Å². The van der Waals surface area contributed by atoms with Crippen molar-refractivity contribution < 1.29 is 27.3 Å². The second kappa shape index (κ2) is 10.1. The van der Waals surface area contributed by atoms with E-state index < -0.39 is 0 Å². The van der Waals surface area contributed by atoms with Crippen LogP contribution in [-0.2, 0) is 9.59 Å². The van der Waals surface area contributed by atoms with E-state index in [2.05, 4.69) is 10.7 Å². The van der Waals surface area contributed by atoms with Gasteiger partial charge in [-0.1, -0.05) is 53.2 Å². The normalized spacial score (nSPS) is 19.3. The fraction of sp³-hybridized carbons (Fsp3) is 0.312. The summed E-state index contributed by atoms with van der Waals surface area (Å²) < 4.78 is 0.339. The van der Waals surface area contributed by atoms with E-state index in [1.165, 1.54) is 4.90 Å². The molecule has 0 aromatic heterocycles. The minimum absolute atomic E-state index is 0. The summed E-state index contributed by atoms with van der Waals surface area (Å²) in [5, 5.41) is 4.94. The van der Waals surface area contributed by atoms with E-state index in [1.807, 2.05) is 5.01 Å². The van der Waals surface area contributed by atoms with Gasteiger partial charge in [0.05, 0.1) is 31.1 Å². The predicted octanol–water partition coefficient (Wildman–Crippen LogP) is -1.89. The molecule has 3 N–H and O–H groups in total. The summed E-state index contributed by atoms with van der Waals surface area (Å²) in [6, 6.07) is 5.13. The number of carbonyl (C=O) groups excluding carboxylic acids is 2. The topological polar surface area (TPSA) is 69.3 Å². The number of amides is 2. The zero-order valence-electron chi connectivity index (χ0n) is 14.1. The first kappa shape index (κ1) is 22.4. The number of nitrogens with zero attached hydrogens (tertiary/aromatic N) is 2. The Kier molecular flexibility index (Phi) is 8.36. The molecule has 146 valence electrons. The largest absolute Gasteiger partial charge is 1.00 e. The summed E-state index contributed by atoms with van der Waals surface area (Å²) in [6.07, 6.45) is 1.61. The van der Waals surface area contributed by atoms with Gasteiger partial charge >= 0.3 is 0 Å². The molecule has 2 fully saturated rings. The van der Waals surface area contributed by atoms with E-state index in [1.54, 1.807) is 24.3 Å². The molecular weight excluding hydrogens is 451 g/mol. The van der Waals surface area contributed by atoms with Crippen LogP contribution >= 0.6 is 47.2 Å². The van der Waals surface area contributed by atoms with Gasteiger partial charge < -0.3 is 17.7 Å². The van der Waals surface area contributed by atoms with E-state index in [-0.39, 0.29) is 30.8 Å². The highest BCUT2D eigenvalue weighted by Gasteiger charge is 2.34. The molecule has 2 amide bonds. The minimum atomic E-state index is -0.321. The highest BCUT2D eigenvalue weighted by molar-refractivity contribution is 8.26. The maximum absolute atomic E-state index is 12.6. The van der Waals surface area contributed by atoms with Gasteiger partial charge in [-0.25, -0.2) is 5.01 Å². The molecule has 0 unspecified atom stereocenters. The Morgan fingerprint density at radius 1 is 1.30 bits per heavy atom. The van der Waals surface area contributed by atoms with Gasteiger partial charge in [0, 0.05) is 15.6 Å². The maximum Gasteiger partial charge on any atom is 0.266 e. The Labute approximate surface area is 183 Å². The average molecular weight is 468 g/mol. The number of rotatable bonds is 4. The number of hydrogen-bond acceptors (Lipinski definition) is 5. The first-order valence-corrected chi connectivity index (χ1v) is 9.99. The van der Waals surface area contributed by atoms with Gasteiger partial charge in [-0.05, 0) is 18.2 Å². The molecule has 0 bridgehead atoms. The number of nitrogens with two attached hydrogens (primary N) is 1. The number of piperazine rings is 1. The third kappa shape index (κ3) is 5.57. The third-order valence-electron chi connectivity index (χ3n) is 3.94. The molecular formula is C16H17Cl3N4O2S2. The molecule has 27 heavy (non-hydrogen) atoms. The van der Waals surface area contributed by atoms with Gasteiger partial charge in [-0.2, -0.15) is 0 Å². The fourth-order valence-corrected chi connectivity index (χ4v) is 4.38. The maximum atomic E-state index is 12.6. The van der Waals surface area contributed by atoms with Gasteiger partial charge in [0.25, 0.3) is 11.8 Å². The molecule has 2 saturated heterocycles. The Balaban J connectivity index is 0.00000261. The number of hydrazine groups is 1. The molecule has 6 nitrogen and oxygen atoms in total. The molecule has 2 heterocycles. The van der Waals surface area contributed by atoms with Gasteiger partial charge in [-0.15, -0.1) is 0 Å². The zero-order chi connectivity index (χ0) is 18.7. The molecule has 0 saturated carbocycles. The summed E-state index contributed by atoms with van der Waals surface area (Å²) in [7, 11) is 0. The summed E-state index contributed by atoms with van der Waals surface area (Å²) in [6.45, 7) is 3.30. The quantitative estimate of drug-likeness (QED) is 0.400. The summed E-state index contributed by atoms with van der Waals surface area (Å²) in [5.74, 6) is -0.585. The SMILES string of the molecule is O=C(CN1C(=O)/C(=C/c2c(Cl)cccc2Cl)SC1=S)NN1CC[NH2+]CC1.[Cl-]. The lowest BCUT2D eigenvalue weighted by Gasteiger charge is -2.26. The average Bonchev–Trinajstić information content (AvgIpc) is 2.86. The van der Waals surface area contributed by atoms with Crippen LogP contribution in [0.3, 0.4) is 0 Å². The molecule has 3 rings (SSSR count). The second-order valence-corrected chi connectivity index (χ2v) is 8.28. The predicted molar refractivity (Wildman–Crippen MR) is 108 cm³/mol. The van der Waals surface area contributed by atoms with Crippen molar-refractivity contribution in [3.05, 3.63) is 38.7 Å². The Morgan fingerprint density at radius 3 is 2.56 bits per heavy atom. The number of hydrogen-bond donors (Lipinski definition) is 2. The van der Waals surface area contributed by atoms with E-state index in [0.29, 0.717) is 24.8 Å². The van der Waals surface area contributed by atoms with Crippen LogP contribution in [0.4, 0.5) is 0 Å². The van der Waals surface area contributed by atoms with E-state index >= 15 is 0 Å². The van der Waals surface area contributed by atoms with Crippen molar-refractivity contribution in [1.29, 1.82) is 0 Å². The van der Waals surface area contributed by atoms with Crippen molar-refractivity contribution in [3.8, 4) is 0 Å². The van der Waals surface area contributed by atoms with Gasteiger partial charge in [0.15, 0.2) is 0 Å². The number of thioether (sulfide) groups is 1. The number of quaternary nitrogens is 1. The molecule has 1 aromatic carbocycles. The van der Waals surface area contributed by atoms with Crippen LogP contribution in [0.2, 0.25) is 10.0 Å². The molecule has 0 spiro atoms. The number of thiocarbonyl (C=S) groups is 1. The minimum Gasteiger partial charge on any atom is -1.00 e. The monoisotopic (exact) mass is 466 g/mol. The lowest BCUT2D eigenvalue weighted by molar-refractivity contribution is -0.663. The van der Waals surface area contributed by atoms with Crippen LogP contribution in [0, 0.1) is 0 Å². The van der Waals surface area contributed by atoms with Crippen LogP contribution < -0.4 is 23.1 Å². The molecule has 2 aliphatic rings. The van der Waals surface area contributed by atoms with Gasteiger partial charge in [-0.3, -0.25) is 19.9 Å². The highest BCUT2D eigenvalue weighted by Crippen LogP contribution is 2.35. The van der Waals surface area contributed by atoms with Crippen molar-refractivity contribution in [2.45, 2.75) is 0 Å². The van der Waals surface area contributed by atoms with Crippen LogP contribution in [0.15, 0.2) is 23.1 Å². The summed E-state index contributed by atoms with van der Waals surface area (Å²) >= 11 is 18.7. The van der Waals surface area contributed by atoms with Crippen LogP contribution in [0.25, 0.3) is 6.08 Å². The smallest absolute Gasteiger partial charge is 0.266 e. The Bertz CT molecular complexity index is 765. The van der Waals surface area contributed by atoms with Crippen molar-refractivity contribution in [2.75, 3.05) is 32.7 Å². The first-order valence-electron chi connectivity index (χ1n) is 8.01. The molecule has 2 aliphatic heterocycles. The third-order valence-corrected chi connectivity index (χ3v) is 5.98. The van der Waals surface area contributed by atoms with Crippen LogP contribution in [0.5, 0.6) is 0 Å². The Hall–Kier alpha value is -0.870. The first-order chi connectivity index (χ1) is 12.5. The summed E-state index contributed by atoms with van der Waals surface area (Å²) in [4.78, 5) is 26.6. The lowest BCUT2D eigenvalue weighted by Crippen LogP contribution is -3.00. The Morgan fingerprint density at radius 2 is 1.93 bits per heavy atom. The number of carbonyl (C=O) groups is 2. The van der Waals surface area contributed by atoms with Crippen LogP contribution in [0.1, 0.15) is 5.56 Å². The molecule has 0 radical (unpaired) electrons. The summed E-state index contributed by atoms with van der Waals surface area (Å²) in [5.41, 5.74) is 3.38. The van der Waals surface area contributed by atoms with Gasteiger partial charge in [0.1, 0.15) is 10.9 Å². The molecule has 11 heteroatoms. The fourth-order valence-electron chi connectivity index (χ4n) is 2.63. The zero-order valence-corrected chi connectivity index (χ0v) is 18.0. The standard InChI is InChI=1S/C16H16Cl2N4O2S2.ClH/c17-11-2-1-3-12(18)10(11)8-13-15(24)22(16(25)26-13)9-14(23)20-21-6-4-19-5-7-21;/h1-3,8,19H,4-7,9H2,(H,20,23);1H/b13-8-;. The highest BCUT2D eigenvalue weighted by atomic mass is 35.5. The number of halogens is 3. The van der Waals surface area contributed by atoms with Crippen LogP contribution in [-0.4, -0.2) is 58.8 Å². The molecule has 0 atom stereocenters. The van der Waals surface area contributed by atoms with E-state index in [4.69, 9.17) is 35.4 Å². The van der Waals surface area contributed by atoms with Crippen molar-refractivity contribution in [1.82, 2.24) is 15.3 Å². The molecule has 0 aliphatic carbocycles. The number of nitrogens with one attached hydrogen (secondary N) is 1. The number of benzene rings is 1. The van der Waals surface area contributed by atoms with E-state index in [0.717, 1.165) is 37.9 Å².